The Balaban J connectivity index is 2.40. The van der Waals surface area contributed by atoms with E-state index in [1.54, 1.807) is 0 Å². The van der Waals surface area contributed by atoms with Gasteiger partial charge in [0.1, 0.15) is 0 Å². The number of nitrogens with zero attached hydrogens (tertiary/aromatic N) is 2. The molecule has 2 unspecified atom stereocenters. The Bertz CT molecular complexity index is 354. The SMILES string of the molecule is Cc1c2c(nn1C)CCCC2C(C)CN. The van der Waals surface area contributed by atoms with Gasteiger partial charge in [0.15, 0.2) is 0 Å². The molecule has 1 aliphatic rings. The summed E-state index contributed by atoms with van der Waals surface area (Å²) >= 11 is 0. The van der Waals surface area contributed by atoms with Crippen molar-refractivity contribution in [2.75, 3.05) is 6.54 Å². The van der Waals surface area contributed by atoms with Crippen LogP contribution < -0.4 is 5.73 Å². The second-order valence-corrected chi connectivity index (χ2v) is 4.78. The Kier molecular flexibility index (Phi) is 2.83. The van der Waals surface area contributed by atoms with Crippen LogP contribution in [0.5, 0.6) is 0 Å². The van der Waals surface area contributed by atoms with E-state index in [0.717, 1.165) is 13.0 Å². The van der Waals surface area contributed by atoms with E-state index in [9.17, 15) is 0 Å². The van der Waals surface area contributed by atoms with E-state index in [1.165, 1.54) is 29.8 Å². The molecule has 2 rings (SSSR count). The van der Waals surface area contributed by atoms with Crippen LogP contribution in [0.2, 0.25) is 0 Å². The Morgan fingerprint density at radius 2 is 2.33 bits per heavy atom. The van der Waals surface area contributed by atoms with Crippen LogP contribution in [0.3, 0.4) is 0 Å². The molecule has 0 fully saturated rings. The first-order valence-corrected chi connectivity index (χ1v) is 5.87. The van der Waals surface area contributed by atoms with E-state index in [-0.39, 0.29) is 0 Å². The van der Waals surface area contributed by atoms with Gasteiger partial charge < -0.3 is 5.73 Å². The normalized spacial score (nSPS) is 22.5. The summed E-state index contributed by atoms with van der Waals surface area (Å²) in [7, 11) is 2.04. The van der Waals surface area contributed by atoms with Crippen molar-refractivity contribution in [1.82, 2.24) is 9.78 Å². The highest BCUT2D eigenvalue weighted by Gasteiger charge is 2.28. The average molecular weight is 207 g/mol. The van der Waals surface area contributed by atoms with Gasteiger partial charge in [0.2, 0.25) is 0 Å². The van der Waals surface area contributed by atoms with E-state index in [2.05, 4.69) is 18.9 Å². The highest BCUT2D eigenvalue weighted by Crippen LogP contribution is 2.37. The molecule has 2 atom stereocenters. The molecule has 1 aromatic rings. The molecule has 84 valence electrons. The van der Waals surface area contributed by atoms with Gasteiger partial charge in [-0.1, -0.05) is 6.92 Å². The van der Waals surface area contributed by atoms with Crippen molar-refractivity contribution in [3.8, 4) is 0 Å². The number of aromatic nitrogens is 2. The van der Waals surface area contributed by atoms with Crippen molar-refractivity contribution in [3.05, 3.63) is 17.0 Å². The first-order valence-electron chi connectivity index (χ1n) is 5.87. The standard InChI is InChI=1S/C12H21N3/c1-8(7-13)10-5-4-6-11-12(10)9(2)15(3)14-11/h8,10H,4-7,13H2,1-3H3. The third-order valence-corrected chi connectivity index (χ3v) is 3.81. The van der Waals surface area contributed by atoms with E-state index in [0.29, 0.717) is 11.8 Å². The van der Waals surface area contributed by atoms with Gasteiger partial charge >= 0.3 is 0 Å². The van der Waals surface area contributed by atoms with Crippen LogP contribution in [0.4, 0.5) is 0 Å². The fourth-order valence-corrected chi connectivity index (χ4v) is 2.73. The van der Waals surface area contributed by atoms with Crippen LogP contribution >= 0.6 is 0 Å². The smallest absolute Gasteiger partial charge is 0.0662 e. The first-order chi connectivity index (χ1) is 7.15. The van der Waals surface area contributed by atoms with Crippen molar-refractivity contribution in [1.29, 1.82) is 0 Å². The molecular formula is C12H21N3. The number of nitrogens with two attached hydrogens (primary N) is 1. The molecule has 2 N–H and O–H groups in total. The summed E-state index contributed by atoms with van der Waals surface area (Å²) in [6.45, 7) is 5.21. The number of hydrogen-bond donors (Lipinski definition) is 1. The zero-order valence-electron chi connectivity index (χ0n) is 9.95. The summed E-state index contributed by atoms with van der Waals surface area (Å²) in [6, 6.07) is 0. The third kappa shape index (κ3) is 1.69. The molecule has 3 heteroatoms. The van der Waals surface area contributed by atoms with E-state index in [4.69, 9.17) is 5.73 Å². The summed E-state index contributed by atoms with van der Waals surface area (Å²) in [5, 5.41) is 4.59. The number of aryl methyl sites for hydroxylation is 2. The quantitative estimate of drug-likeness (QED) is 0.803. The van der Waals surface area contributed by atoms with E-state index >= 15 is 0 Å². The molecule has 0 saturated heterocycles. The van der Waals surface area contributed by atoms with Gasteiger partial charge in [-0.25, -0.2) is 0 Å². The summed E-state index contributed by atoms with van der Waals surface area (Å²) in [5.74, 6) is 1.21. The minimum Gasteiger partial charge on any atom is -0.330 e. The summed E-state index contributed by atoms with van der Waals surface area (Å²) < 4.78 is 2.02. The monoisotopic (exact) mass is 207 g/mol. The molecule has 15 heavy (non-hydrogen) atoms. The Hall–Kier alpha value is -0.830. The van der Waals surface area contributed by atoms with Gasteiger partial charge in [-0.3, -0.25) is 4.68 Å². The third-order valence-electron chi connectivity index (χ3n) is 3.81. The highest BCUT2D eigenvalue weighted by molar-refractivity contribution is 5.32. The molecule has 1 aliphatic carbocycles. The zero-order valence-corrected chi connectivity index (χ0v) is 9.95. The lowest BCUT2D eigenvalue weighted by molar-refractivity contribution is 0.411. The number of fused-ring (bicyclic) bond motifs is 1. The Labute approximate surface area is 91.7 Å². The van der Waals surface area contributed by atoms with Crippen molar-refractivity contribution in [2.24, 2.45) is 18.7 Å². The second-order valence-electron chi connectivity index (χ2n) is 4.78. The average Bonchev–Trinajstić information content (AvgIpc) is 2.54. The van der Waals surface area contributed by atoms with Crippen LogP contribution in [-0.2, 0) is 13.5 Å². The molecule has 3 nitrogen and oxygen atoms in total. The topological polar surface area (TPSA) is 43.8 Å². The minimum absolute atomic E-state index is 0.576. The molecule has 1 aromatic heterocycles. The lowest BCUT2D eigenvalue weighted by atomic mass is 9.78. The van der Waals surface area contributed by atoms with Gasteiger partial charge in [0, 0.05) is 12.7 Å². The van der Waals surface area contributed by atoms with E-state index in [1.807, 2.05) is 11.7 Å². The van der Waals surface area contributed by atoms with Crippen LogP contribution in [0.15, 0.2) is 0 Å². The van der Waals surface area contributed by atoms with Gasteiger partial charge in [-0.05, 0) is 50.1 Å². The van der Waals surface area contributed by atoms with Crippen molar-refractivity contribution in [2.45, 2.75) is 39.0 Å². The summed E-state index contributed by atoms with van der Waals surface area (Å²) in [5.41, 5.74) is 9.92. The Morgan fingerprint density at radius 1 is 1.60 bits per heavy atom. The molecule has 0 bridgehead atoms. The molecule has 1 heterocycles. The molecule has 0 aromatic carbocycles. The minimum atomic E-state index is 0.576. The van der Waals surface area contributed by atoms with Crippen molar-refractivity contribution in [3.63, 3.8) is 0 Å². The van der Waals surface area contributed by atoms with Crippen LogP contribution in [-0.4, -0.2) is 16.3 Å². The maximum atomic E-state index is 5.79. The molecule has 0 saturated carbocycles. The van der Waals surface area contributed by atoms with E-state index < -0.39 is 0 Å². The molecular weight excluding hydrogens is 186 g/mol. The van der Waals surface area contributed by atoms with Gasteiger partial charge in [0.05, 0.1) is 5.69 Å². The molecule has 0 amide bonds. The maximum absolute atomic E-state index is 5.79. The fourth-order valence-electron chi connectivity index (χ4n) is 2.73. The van der Waals surface area contributed by atoms with Gasteiger partial charge in [0.25, 0.3) is 0 Å². The fraction of sp³-hybridized carbons (Fsp3) is 0.750. The van der Waals surface area contributed by atoms with Gasteiger partial charge in [-0.15, -0.1) is 0 Å². The largest absolute Gasteiger partial charge is 0.330 e. The number of rotatable bonds is 2. The molecule has 0 radical (unpaired) electrons. The van der Waals surface area contributed by atoms with Crippen LogP contribution in [0, 0.1) is 12.8 Å². The highest BCUT2D eigenvalue weighted by atomic mass is 15.3. The zero-order chi connectivity index (χ0) is 11.0. The lowest BCUT2D eigenvalue weighted by Gasteiger charge is -2.27. The second kappa shape index (κ2) is 3.97. The predicted molar refractivity (Wildman–Crippen MR) is 61.8 cm³/mol. The van der Waals surface area contributed by atoms with Crippen molar-refractivity contribution >= 4 is 0 Å². The predicted octanol–water partition coefficient (Wildman–Crippen LogP) is 1.74. The number of hydrogen-bond acceptors (Lipinski definition) is 2. The molecule has 0 spiro atoms. The first kappa shape index (κ1) is 10.7. The maximum Gasteiger partial charge on any atom is 0.0662 e. The summed E-state index contributed by atoms with van der Waals surface area (Å²) in [4.78, 5) is 0. The van der Waals surface area contributed by atoms with Gasteiger partial charge in [-0.2, -0.15) is 5.10 Å². The van der Waals surface area contributed by atoms with Crippen LogP contribution in [0.1, 0.15) is 42.6 Å². The Morgan fingerprint density at radius 3 is 3.00 bits per heavy atom. The van der Waals surface area contributed by atoms with Crippen LogP contribution in [0.25, 0.3) is 0 Å². The lowest BCUT2D eigenvalue weighted by Crippen LogP contribution is -2.22. The molecule has 0 aliphatic heterocycles. The summed E-state index contributed by atoms with van der Waals surface area (Å²) in [6.07, 6.45) is 3.68. The van der Waals surface area contributed by atoms with Crippen molar-refractivity contribution < 1.29 is 0 Å².